The van der Waals surface area contributed by atoms with Crippen molar-refractivity contribution >= 4 is 40.9 Å². The van der Waals surface area contributed by atoms with E-state index in [-0.39, 0.29) is 11.9 Å². The van der Waals surface area contributed by atoms with Crippen molar-refractivity contribution in [3.05, 3.63) is 68.7 Å². The number of benzene rings is 2. The Balaban J connectivity index is 1.91. The number of amides is 1. The molecule has 0 aliphatic heterocycles. The molecule has 0 radical (unpaired) electrons. The van der Waals surface area contributed by atoms with Crippen LogP contribution in [0.25, 0.3) is 0 Å². The molecule has 1 N–H and O–H groups in total. The molecule has 1 amide bonds. The minimum atomic E-state index is 0.0262. The normalized spacial score (nSPS) is 12.0. The highest BCUT2D eigenvalue weighted by atomic mass is 35.5. The van der Waals surface area contributed by atoms with E-state index < -0.39 is 0 Å². The van der Waals surface area contributed by atoms with Gasteiger partial charge in [0, 0.05) is 15.8 Å². The summed E-state index contributed by atoms with van der Waals surface area (Å²) in [6.45, 7) is 6.27. The highest BCUT2D eigenvalue weighted by Gasteiger charge is 2.14. The van der Waals surface area contributed by atoms with Gasteiger partial charge in [-0.3, -0.25) is 4.79 Å². The van der Waals surface area contributed by atoms with Crippen molar-refractivity contribution in [3.8, 4) is 0 Å². The number of hydrogen-bond acceptors (Lipinski definition) is 2. The van der Waals surface area contributed by atoms with E-state index in [4.69, 9.17) is 23.2 Å². The molecule has 0 spiro atoms. The number of hydrogen-bond donors (Lipinski definition) is 1. The van der Waals surface area contributed by atoms with Crippen LogP contribution >= 0.6 is 35.0 Å². The number of carbonyl (C=O) groups excluding carboxylic acids is 1. The van der Waals surface area contributed by atoms with E-state index in [1.54, 1.807) is 0 Å². The number of thioether (sulfide) groups is 1. The lowest BCUT2D eigenvalue weighted by Crippen LogP contribution is -2.29. The van der Waals surface area contributed by atoms with Crippen LogP contribution in [-0.2, 0) is 10.5 Å². The Hall–Kier alpha value is -1.16. The van der Waals surface area contributed by atoms with Gasteiger partial charge in [0.15, 0.2) is 0 Å². The summed E-state index contributed by atoms with van der Waals surface area (Å²) >= 11 is 13.8. The maximum absolute atomic E-state index is 12.3. The lowest BCUT2D eigenvalue weighted by Gasteiger charge is -2.18. The predicted molar refractivity (Wildman–Crippen MR) is 110 cm³/mol. The van der Waals surface area contributed by atoms with Crippen molar-refractivity contribution in [3.63, 3.8) is 0 Å². The Kier molecular flexibility index (Phi) is 7.67. The van der Waals surface area contributed by atoms with Crippen LogP contribution in [0.4, 0.5) is 0 Å². The predicted octanol–water partition coefficient (Wildman–Crippen LogP) is 6.11. The Bertz CT molecular complexity index is 728. The first kappa shape index (κ1) is 20.2. The molecular formula is C20H23Cl2NOS. The van der Waals surface area contributed by atoms with Crippen LogP contribution in [0.3, 0.4) is 0 Å². The molecule has 0 fully saturated rings. The molecule has 25 heavy (non-hydrogen) atoms. The molecule has 0 saturated heterocycles. The Morgan fingerprint density at radius 3 is 2.40 bits per heavy atom. The van der Waals surface area contributed by atoms with E-state index >= 15 is 0 Å². The van der Waals surface area contributed by atoms with Gasteiger partial charge in [0.2, 0.25) is 5.91 Å². The summed E-state index contributed by atoms with van der Waals surface area (Å²) in [6, 6.07) is 11.8. The fraction of sp³-hybridized carbons (Fsp3) is 0.350. The zero-order valence-electron chi connectivity index (χ0n) is 14.7. The molecule has 0 bridgehead atoms. The second-order valence-electron chi connectivity index (χ2n) is 6.07. The minimum Gasteiger partial charge on any atom is -0.349 e. The summed E-state index contributed by atoms with van der Waals surface area (Å²) in [5.74, 6) is 1.02. The van der Waals surface area contributed by atoms with Gasteiger partial charge in [-0.25, -0.2) is 0 Å². The Morgan fingerprint density at radius 1 is 1.12 bits per heavy atom. The average Bonchev–Trinajstić information content (AvgIpc) is 2.58. The van der Waals surface area contributed by atoms with Crippen molar-refractivity contribution in [2.75, 3.05) is 5.75 Å². The lowest BCUT2D eigenvalue weighted by atomic mass is 9.99. The SMILES string of the molecule is CCC(NC(=O)CSCc1c(Cl)cccc1Cl)c1ccc(C)c(C)c1. The highest BCUT2D eigenvalue weighted by Crippen LogP contribution is 2.28. The van der Waals surface area contributed by atoms with E-state index in [1.807, 2.05) is 18.2 Å². The quantitative estimate of drug-likeness (QED) is 0.612. The van der Waals surface area contributed by atoms with Crippen molar-refractivity contribution < 1.29 is 4.79 Å². The molecular weight excluding hydrogens is 373 g/mol. The summed E-state index contributed by atoms with van der Waals surface area (Å²) in [7, 11) is 0. The Labute approximate surface area is 164 Å². The fourth-order valence-corrected chi connectivity index (χ4v) is 4.13. The van der Waals surface area contributed by atoms with Crippen LogP contribution in [0.1, 0.15) is 41.6 Å². The molecule has 2 rings (SSSR count). The van der Waals surface area contributed by atoms with Gasteiger partial charge in [0.05, 0.1) is 11.8 Å². The molecule has 0 saturated carbocycles. The van der Waals surface area contributed by atoms with Crippen LogP contribution in [0.5, 0.6) is 0 Å². The average molecular weight is 396 g/mol. The van der Waals surface area contributed by atoms with Gasteiger partial charge in [-0.15, -0.1) is 11.8 Å². The highest BCUT2D eigenvalue weighted by molar-refractivity contribution is 7.99. The van der Waals surface area contributed by atoms with Crippen molar-refractivity contribution in [1.29, 1.82) is 0 Å². The van der Waals surface area contributed by atoms with Crippen LogP contribution in [-0.4, -0.2) is 11.7 Å². The summed E-state index contributed by atoms with van der Waals surface area (Å²) in [6.07, 6.45) is 0.856. The van der Waals surface area contributed by atoms with Crippen molar-refractivity contribution in [2.24, 2.45) is 0 Å². The third-order valence-corrected chi connectivity index (χ3v) is 5.89. The molecule has 2 nitrogen and oxygen atoms in total. The number of aryl methyl sites for hydroxylation is 2. The van der Waals surface area contributed by atoms with Gasteiger partial charge in [-0.05, 0) is 54.7 Å². The van der Waals surface area contributed by atoms with E-state index in [2.05, 4.69) is 44.3 Å². The van der Waals surface area contributed by atoms with Gasteiger partial charge in [0.1, 0.15) is 0 Å². The first-order valence-corrected chi connectivity index (χ1v) is 10.2. The standard InChI is InChI=1S/C20H23Cl2NOS/c1-4-19(15-9-8-13(2)14(3)10-15)23-20(24)12-25-11-16-17(21)6-5-7-18(16)22/h5-10,19H,4,11-12H2,1-3H3,(H,23,24). The van der Waals surface area contributed by atoms with Crippen LogP contribution < -0.4 is 5.32 Å². The molecule has 1 unspecified atom stereocenters. The van der Waals surface area contributed by atoms with Gasteiger partial charge in [-0.2, -0.15) is 0 Å². The molecule has 134 valence electrons. The first-order valence-electron chi connectivity index (χ1n) is 8.29. The molecule has 2 aromatic carbocycles. The maximum atomic E-state index is 12.3. The van der Waals surface area contributed by atoms with Gasteiger partial charge in [-0.1, -0.05) is 54.4 Å². The monoisotopic (exact) mass is 395 g/mol. The number of nitrogens with one attached hydrogen (secondary N) is 1. The lowest BCUT2D eigenvalue weighted by molar-refractivity contribution is -0.119. The van der Waals surface area contributed by atoms with Crippen LogP contribution in [0, 0.1) is 13.8 Å². The molecule has 1 atom stereocenters. The summed E-state index contributed by atoms with van der Waals surface area (Å²) in [4.78, 5) is 12.3. The number of halogens is 2. The smallest absolute Gasteiger partial charge is 0.230 e. The zero-order valence-corrected chi connectivity index (χ0v) is 17.1. The van der Waals surface area contributed by atoms with Gasteiger partial charge < -0.3 is 5.32 Å². The number of carbonyl (C=O) groups is 1. The minimum absolute atomic E-state index is 0.0262. The van der Waals surface area contributed by atoms with E-state index in [9.17, 15) is 4.79 Å². The zero-order chi connectivity index (χ0) is 18.4. The van der Waals surface area contributed by atoms with Gasteiger partial charge in [0.25, 0.3) is 0 Å². The summed E-state index contributed by atoms with van der Waals surface area (Å²) in [5, 5.41) is 4.40. The largest absolute Gasteiger partial charge is 0.349 e. The third-order valence-electron chi connectivity index (χ3n) is 4.22. The molecule has 0 aromatic heterocycles. The topological polar surface area (TPSA) is 29.1 Å². The van der Waals surface area contributed by atoms with Crippen LogP contribution in [0.2, 0.25) is 10.0 Å². The van der Waals surface area contributed by atoms with Crippen LogP contribution in [0.15, 0.2) is 36.4 Å². The Morgan fingerprint density at radius 2 is 1.80 bits per heavy atom. The molecule has 2 aromatic rings. The summed E-state index contributed by atoms with van der Waals surface area (Å²) in [5.41, 5.74) is 4.54. The third kappa shape index (κ3) is 5.67. The fourth-order valence-electron chi connectivity index (χ4n) is 2.55. The molecule has 0 aliphatic rings. The molecule has 5 heteroatoms. The van der Waals surface area contributed by atoms with E-state index in [0.717, 1.165) is 17.5 Å². The van der Waals surface area contributed by atoms with Crippen molar-refractivity contribution in [2.45, 2.75) is 39.0 Å². The number of rotatable bonds is 7. The maximum Gasteiger partial charge on any atom is 0.230 e. The molecule has 0 aliphatic carbocycles. The van der Waals surface area contributed by atoms with Gasteiger partial charge >= 0.3 is 0 Å². The van der Waals surface area contributed by atoms with E-state index in [0.29, 0.717) is 21.6 Å². The second kappa shape index (κ2) is 9.51. The van der Waals surface area contributed by atoms with E-state index in [1.165, 1.54) is 22.9 Å². The first-order chi connectivity index (χ1) is 11.9. The molecule has 0 heterocycles. The van der Waals surface area contributed by atoms with Crippen molar-refractivity contribution in [1.82, 2.24) is 5.32 Å². The second-order valence-corrected chi connectivity index (χ2v) is 7.87. The summed E-state index contributed by atoms with van der Waals surface area (Å²) < 4.78 is 0.